The van der Waals surface area contributed by atoms with Crippen molar-refractivity contribution in [2.24, 2.45) is 29.6 Å². The summed E-state index contributed by atoms with van der Waals surface area (Å²) < 4.78 is 0. The van der Waals surface area contributed by atoms with Crippen LogP contribution in [0.1, 0.15) is 110 Å². The Hall–Kier alpha value is -0.0800. The molecule has 154 valence electrons. The fourth-order valence-electron chi connectivity index (χ4n) is 6.04. The second-order valence-electron chi connectivity index (χ2n) is 9.44. The molecule has 2 saturated carbocycles. The Morgan fingerprint density at radius 2 is 1.23 bits per heavy atom. The molecule has 0 aromatic rings. The van der Waals surface area contributed by atoms with E-state index in [2.05, 4.69) is 6.92 Å². The van der Waals surface area contributed by atoms with E-state index in [4.69, 9.17) is 0 Å². The maximum absolute atomic E-state index is 9.19. The summed E-state index contributed by atoms with van der Waals surface area (Å²) in [7, 11) is 0. The van der Waals surface area contributed by atoms with Gasteiger partial charge < -0.3 is 10.2 Å². The van der Waals surface area contributed by atoms with Crippen molar-refractivity contribution < 1.29 is 10.2 Å². The van der Waals surface area contributed by atoms with Crippen molar-refractivity contribution in [1.29, 1.82) is 0 Å². The van der Waals surface area contributed by atoms with E-state index < -0.39 is 0 Å². The third-order valence-corrected chi connectivity index (χ3v) is 7.72. The highest BCUT2D eigenvalue weighted by molar-refractivity contribution is 4.84. The number of aliphatic hydroxyl groups is 2. The highest BCUT2D eigenvalue weighted by atomic mass is 16.3. The molecule has 2 N–H and O–H groups in total. The van der Waals surface area contributed by atoms with Crippen molar-refractivity contribution in [2.75, 3.05) is 13.2 Å². The molecule has 0 aromatic carbocycles. The second-order valence-corrected chi connectivity index (χ2v) is 9.44. The molecule has 2 rings (SSSR count). The van der Waals surface area contributed by atoms with Crippen LogP contribution in [0.25, 0.3) is 0 Å². The fraction of sp³-hybridized carbons (Fsp3) is 1.00. The molecular formula is C24H46O2. The van der Waals surface area contributed by atoms with Gasteiger partial charge in [0.05, 0.1) is 0 Å². The zero-order valence-electron chi connectivity index (χ0n) is 17.5. The molecule has 0 aliphatic heterocycles. The quantitative estimate of drug-likeness (QED) is 0.396. The van der Waals surface area contributed by atoms with E-state index in [1.54, 1.807) is 0 Å². The highest BCUT2D eigenvalue weighted by Crippen LogP contribution is 2.44. The van der Waals surface area contributed by atoms with Gasteiger partial charge in [-0.3, -0.25) is 0 Å². The van der Waals surface area contributed by atoms with E-state index in [0.717, 1.165) is 55.3 Å². The van der Waals surface area contributed by atoms with Crippen molar-refractivity contribution in [3.63, 3.8) is 0 Å². The van der Waals surface area contributed by atoms with Crippen molar-refractivity contribution in [3.8, 4) is 0 Å². The topological polar surface area (TPSA) is 40.5 Å². The van der Waals surface area contributed by atoms with Crippen molar-refractivity contribution in [2.45, 2.75) is 110 Å². The molecule has 2 nitrogen and oxygen atoms in total. The van der Waals surface area contributed by atoms with Crippen molar-refractivity contribution in [3.05, 3.63) is 0 Å². The Labute approximate surface area is 163 Å². The molecule has 0 bridgehead atoms. The van der Waals surface area contributed by atoms with Gasteiger partial charge in [-0.1, -0.05) is 45.4 Å². The van der Waals surface area contributed by atoms with E-state index in [1.165, 1.54) is 77.0 Å². The number of aliphatic hydroxyl groups excluding tert-OH is 2. The highest BCUT2D eigenvalue weighted by Gasteiger charge is 2.32. The van der Waals surface area contributed by atoms with Crippen molar-refractivity contribution >= 4 is 0 Å². The summed E-state index contributed by atoms with van der Waals surface area (Å²) in [5.41, 5.74) is 0. The van der Waals surface area contributed by atoms with Crippen LogP contribution in [0.5, 0.6) is 0 Å². The first-order valence-electron chi connectivity index (χ1n) is 12.0. The Morgan fingerprint density at radius 3 is 1.73 bits per heavy atom. The van der Waals surface area contributed by atoms with Crippen LogP contribution in [-0.2, 0) is 0 Å². The van der Waals surface area contributed by atoms with Gasteiger partial charge in [-0.2, -0.15) is 0 Å². The van der Waals surface area contributed by atoms with Crippen LogP contribution < -0.4 is 0 Å². The van der Waals surface area contributed by atoms with Crippen LogP contribution in [0.3, 0.4) is 0 Å². The van der Waals surface area contributed by atoms with Crippen molar-refractivity contribution in [1.82, 2.24) is 0 Å². The van der Waals surface area contributed by atoms with Gasteiger partial charge in [-0.25, -0.2) is 0 Å². The van der Waals surface area contributed by atoms with Gasteiger partial charge in [0.25, 0.3) is 0 Å². The Balaban J connectivity index is 1.68. The normalized spacial score (nSPS) is 30.0. The second kappa shape index (κ2) is 13.2. The predicted octanol–water partition coefficient (Wildman–Crippen LogP) is 6.34. The van der Waals surface area contributed by atoms with E-state index in [-0.39, 0.29) is 0 Å². The number of rotatable bonds is 12. The minimum atomic E-state index is 0.326. The smallest absolute Gasteiger partial charge is 0.0431 e. The maximum atomic E-state index is 9.19. The molecule has 0 amide bonds. The molecule has 0 aromatic heterocycles. The van der Waals surface area contributed by atoms with Gasteiger partial charge >= 0.3 is 0 Å². The lowest BCUT2D eigenvalue weighted by molar-refractivity contribution is 0.112. The minimum Gasteiger partial charge on any atom is -0.396 e. The summed E-state index contributed by atoms with van der Waals surface area (Å²) in [5.74, 6) is 4.65. The molecule has 0 saturated heterocycles. The van der Waals surface area contributed by atoms with E-state index >= 15 is 0 Å². The molecule has 2 fully saturated rings. The van der Waals surface area contributed by atoms with E-state index in [0.29, 0.717) is 13.2 Å². The Morgan fingerprint density at radius 1 is 0.692 bits per heavy atom. The zero-order chi connectivity index (χ0) is 18.6. The monoisotopic (exact) mass is 366 g/mol. The van der Waals surface area contributed by atoms with Gasteiger partial charge in [-0.15, -0.1) is 0 Å². The molecule has 2 heteroatoms. The summed E-state index contributed by atoms with van der Waals surface area (Å²) in [4.78, 5) is 0. The summed E-state index contributed by atoms with van der Waals surface area (Å²) >= 11 is 0. The molecule has 0 radical (unpaired) electrons. The lowest BCUT2D eigenvalue weighted by Crippen LogP contribution is -2.28. The third kappa shape index (κ3) is 7.50. The molecular weight excluding hydrogens is 320 g/mol. The molecule has 2 aliphatic carbocycles. The largest absolute Gasteiger partial charge is 0.396 e. The lowest BCUT2D eigenvalue weighted by Gasteiger charge is -2.40. The zero-order valence-corrected chi connectivity index (χ0v) is 17.5. The Bertz CT molecular complexity index is 319. The molecule has 26 heavy (non-hydrogen) atoms. The summed E-state index contributed by atoms with van der Waals surface area (Å²) in [6, 6.07) is 0. The number of unbranched alkanes of at least 4 members (excludes halogenated alkanes) is 2. The number of hydrogen-bond acceptors (Lipinski definition) is 2. The van der Waals surface area contributed by atoms with Crippen LogP contribution >= 0.6 is 0 Å². The van der Waals surface area contributed by atoms with Crippen LogP contribution in [0.2, 0.25) is 0 Å². The van der Waals surface area contributed by atoms with Gasteiger partial charge in [0, 0.05) is 13.2 Å². The summed E-state index contributed by atoms with van der Waals surface area (Å²) in [6.45, 7) is 2.96. The van der Waals surface area contributed by atoms with Gasteiger partial charge in [0.15, 0.2) is 0 Å². The molecule has 0 unspecified atom stereocenters. The first-order chi connectivity index (χ1) is 12.8. The molecule has 0 atom stereocenters. The fourth-order valence-corrected chi connectivity index (χ4v) is 6.04. The van der Waals surface area contributed by atoms with Gasteiger partial charge in [0.1, 0.15) is 0 Å². The van der Waals surface area contributed by atoms with Gasteiger partial charge in [-0.05, 0) is 93.8 Å². The Kier molecular flexibility index (Phi) is 11.2. The average molecular weight is 367 g/mol. The van der Waals surface area contributed by atoms with Gasteiger partial charge in [0.2, 0.25) is 0 Å². The first kappa shape index (κ1) is 22.2. The van der Waals surface area contributed by atoms with E-state index in [1.807, 2.05) is 0 Å². The summed E-state index contributed by atoms with van der Waals surface area (Å²) in [5, 5.41) is 18.4. The molecule has 0 spiro atoms. The predicted molar refractivity (Wildman–Crippen MR) is 111 cm³/mol. The first-order valence-corrected chi connectivity index (χ1v) is 12.0. The molecule has 0 heterocycles. The standard InChI is InChI=1S/C24H46O2/c1-2-3-4-7-20-10-12-22(13-11-20)24-16-14-23(15-17-24)21(8-5-18-25)9-6-19-26/h20-26H,2-19H2,1H3. The third-order valence-electron chi connectivity index (χ3n) is 7.72. The summed E-state index contributed by atoms with van der Waals surface area (Å²) in [6.07, 6.45) is 21.7. The lowest BCUT2D eigenvalue weighted by atomic mass is 9.66. The maximum Gasteiger partial charge on any atom is 0.0431 e. The van der Waals surface area contributed by atoms with Crippen LogP contribution in [0.4, 0.5) is 0 Å². The minimum absolute atomic E-state index is 0.326. The SMILES string of the molecule is CCCCCC1CCC(C2CCC(C(CCCO)CCCO)CC2)CC1. The van der Waals surface area contributed by atoms with Crippen LogP contribution in [0, 0.1) is 29.6 Å². The van der Waals surface area contributed by atoms with Crippen LogP contribution in [-0.4, -0.2) is 23.4 Å². The van der Waals surface area contributed by atoms with Crippen LogP contribution in [0.15, 0.2) is 0 Å². The average Bonchev–Trinajstić information content (AvgIpc) is 2.69. The molecule has 2 aliphatic rings. The van der Waals surface area contributed by atoms with E-state index in [9.17, 15) is 10.2 Å². The number of hydrogen-bond donors (Lipinski definition) is 2.